The van der Waals surface area contributed by atoms with Crippen LogP contribution in [0.15, 0.2) is 156 Å². The fourth-order valence-corrected chi connectivity index (χ4v) is 8.87. The van der Waals surface area contributed by atoms with Crippen LogP contribution in [0, 0.1) is 0 Å². The van der Waals surface area contributed by atoms with Crippen LogP contribution in [-0.2, 0) is 0 Å². The van der Waals surface area contributed by atoms with E-state index in [0.717, 1.165) is 60.9 Å². The Morgan fingerprint density at radius 1 is 0.510 bits per heavy atom. The molecule has 0 spiro atoms. The first-order chi connectivity index (χ1) is 24.3. The van der Waals surface area contributed by atoms with Crippen LogP contribution < -0.4 is 0 Å². The summed E-state index contributed by atoms with van der Waals surface area (Å²) in [6.45, 7) is 0. The molecule has 0 atom stereocenters. The maximum Gasteiger partial charge on any atom is 0.160 e. The SMILES string of the molecule is c1ccc(-c2nc(-c3ccc(-n4c5ccccc5c5c6c7ccccc7sc6c6oc7ccccc7c6c54)cc3)nc3ccccc23)cc1. The van der Waals surface area contributed by atoms with E-state index in [1.807, 2.05) is 29.5 Å². The third kappa shape index (κ3) is 3.79. The molecule has 0 aliphatic heterocycles. The molecule has 49 heavy (non-hydrogen) atoms. The van der Waals surface area contributed by atoms with E-state index >= 15 is 0 Å². The lowest BCUT2D eigenvalue weighted by molar-refractivity contribution is 0.673. The van der Waals surface area contributed by atoms with E-state index in [2.05, 4.69) is 138 Å². The average Bonchev–Trinajstić information content (AvgIpc) is 3.85. The third-order valence-corrected chi connectivity index (χ3v) is 11.0. The van der Waals surface area contributed by atoms with Crippen LogP contribution in [0.3, 0.4) is 0 Å². The van der Waals surface area contributed by atoms with Gasteiger partial charge in [0.2, 0.25) is 0 Å². The van der Waals surface area contributed by atoms with Gasteiger partial charge in [0.15, 0.2) is 11.4 Å². The van der Waals surface area contributed by atoms with Gasteiger partial charge >= 0.3 is 0 Å². The molecule has 0 bridgehead atoms. The van der Waals surface area contributed by atoms with Crippen LogP contribution >= 0.6 is 11.3 Å². The molecule has 0 amide bonds. The van der Waals surface area contributed by atoms with E-state index in [-0.39, 0.29) is 0 Å². The minimum atomic E-state index is 0.709. The van der Waals surface area contributed by atoms with E-state index < -0.39 is 0 Å². The monoisotopic (exact) mass is 643 g/mol. The highest BCUT2D eigenvalue weighted by atomic mass is 32.1. The number of hydrogen-bond acceptors (Lipinski definition) is 4. The quantitative estimate of drug-likeness (QED) is 0.192. The smallest absolute Gasteiger partial charge is 0.160 e. The first kappa shape index (κ1) is 26.7. The minimum Gasteiger partial charge on any atom is -0.454 e. The van der Waals surface area contributed by atoms with Crippen LogP contribution in [0.5, 0.6) is 0 Å². The number of thiophene rings is 1. The Hall–Kier alpha value is -6.30. The molecule has 0 radical (unpaired) electrons. The standard InChI is InChI=1S/C44H25N3OS/c1-2-12-26(13-3-1)40-29-14-4-8-18-33(29)45-44(46-40)27-22-24-28(25-23-27)47-34-19-9-5-15-30(34)37-38-32-17-7-11-21-36(32)49-43(38)42-39(41(37)47)31-16-6-10-20-35(31)48-42/h1-25H. The summed E-state index contributed by atoms with van der Waals surface area (Å²) in [7, 11) is 0. The van der Waals surface area contributed by atoms with E-state index in [0.29, 0.717) is 5.82 Å². The zero-order valence-corrected chi connectivity index (χ0v) is 26.9. The van der Waals surface area contributed by atoms with Gasteiger partial charge in [-0.05, 0) is 48.5 Å². The van der Waals surface area contributed by atoms with Crippen molar-refractivity contribution >= 4 is 86.2 Å². The number of rotatable bonds is 3. The second-order valence-electron chi connectivity index (χ2n) is 12.5. The highest BCUT2D eigenvalue weighted by Gasteiger charge is 2.25. The van der Waals surface area contributed by atoms with Gasteiger partial charge in [0.1, 0.15) is 5.58 Å². The second-order valence-corrected chi connectivity index (χ2v) is 13.6. The normalized spacial score (nSPS) is 12.1. The van der Waals surface area contributed by atoms with Gasteiger partial charge in [-0.2, -0.15) is 0 Å². The van der Waals surface area contributed by atoms with Crippen molar-refractivity contribution in [3.05, 3.63) is 152 Å². The summed E-state index contributed by atoms with van der Waals surface area (Å²) in [4.78, 5) is 10.1. The average molecular weight is 644 g/mol. The van der Waals surface area contributed by atoms with Crippen LogP contribution in [0.1, 0.15) is 0 Å². The maximum atomic E-state index is 6.73. The highest BCUT2D eigenvalue weighted by Crippen LogP contribution is 2.50. The molecule has 4 aromatic heterocycles. The first-order valence-electron chi connectivity index (χ1n) is 16.4. The van der Waals surface area contributed by atoms with Gasteiger partial charge in [0, 0.05) is 53.8 Å². The van der Waals surface area contributed by atoms with Gasteiger partial charge in [-0.25, -0.2) is 9.97 Å². The summed E-state index contributed by atoms with van der Waals surface area (Å²) in [5, 5.41) is 8.32. The molecule has 0 aliphatic carbocycles. The van der Waals surface area contributed by atoms with Crippen molar-refractivity contribution in [2.24, 2.45) is 0 Å². The molecule has 0 saturated heterocycles. The molecule has 4 nitrogen and oxygen atoms in total. The van der Waals surface area contributed by atoms with Crippen LogP contribution in [-0.4, -0.2) is 14.5 Å². The molecule has 228 valence electrons. The fraction of sp³-hybridized carbons (Fsp3) is 0. The second kappa shape index (κ2) is 10.1. The lowest BCUT2D eigenvalue weighted by Crippen LogP contribution is -1.97. The fourth-order valence-electron chi connectivity index (χ4n) is 7.67. The third-order valence-electron chi connectivity index (χ3n) is 9.79. The van der Waals surface area contributed by atoms with E-state index in [9.17, 15) is 0 Å². The molecule has 4 heterocycles. The summed E-state index contributed by atoms with van der Waals surface area (Å²) in [6, 6.07) is 53.2. The largest absolute Gasteiger partial charge is 0.454 e. The van der Waals surface area contributed by atoms with Gasteiger partial charge in [0.05, 0.1) is 32.3 Å². The topological polar surface area (TPSA) is 43.9 Å². The molecule has 5 heteroatoms. The van der Waals surface area contributed by atoms with Crippen molar-refractivity contribution in [2.45, 2.75) is 0 Å². The van der Waals surface area contributed by atoms with Crippen molar-refractivity contribution in [2.75, 3.05) is 0 Å². The van der Waals surface area contributed by atoms with Crippen LogP contribution in [0.4, 0.5) is 0 Å². The van der Waals surface area contributed by atoms with Gasteiger partial charge in [-0.15, -0.1) is 11.3 Å². The lowest BCUT2D eigenvalue weighted by atomic mass is 10.0. The first-order valence-corrected chi connectivity index (χ1v) is 17.2. The maximum absolute atomic E-state index is 6.73. The molecule has 11 rings (SSSR count). The number of fused-ring (bicyclic) bond motifs is 13. The molecule has 0 fully saturated rings. The van der Waals surface area contributed by atoms with Crippen molar-refractivity contribution in [1.29, 1.82) is 0 Å². The summed E-state index contributed by atoms with van der Waals surface area (Å²) >= 11 is 1.82. The van der Waals surface area contributed by atoms with Gasteiger partial charge < -0.3 is 8.98 Å². The molecule has 0 aliphatic rings. The van der Waals surface area contributed by atoms with Crippen molar-refractivity contribution in [1.82, 2.24) is 14.5 Å². The Morgan fingerprint density at radius 2 is 1.20 bits per heavy atom. The Labute approximate surface area is 284 Å². The number of nitrogens with zero attached hydrogens (tertiary/aromatic N) is 3. The summed E-state index contributed by atoms with van der Waals surface area (Å²) in [5.41, 5.74) is 9.16. The zero-order valence-electron chi connectivity index (χ0n) is 26.1. The lowest BCUT2D eigenvalue weighted by Gasteiger charge is -2.12. The Kier molecular flexibility index (Phi) is 5.51. The van der Waals surface area contributed by atoms with Crippen molar-refractivity contribution < 1.29 is 4.42 Å². The highest BCUT2D eigenvalue weighted by molar-refractivity contribution is 7.27. The van der Waals surface area contributed by atoms with E-state index in [1.165, 1.54) is 36.5 Å². The van der Waals surface area contributed by atoms with Crippen molar-refractivity contribution in [3.8, 4) is 28.3 Å². The van der Waals surface area contributed by atoms with Gasteiger partial charge in [-0.3, -0.25) is 0 Å². The van der Waals surface area contributed by atoms with Gasteiger partial charge in [-0.1, -0.05) is 103 Å². The predicted octanol–water partition coefficient (Wildman–Crippen LogP) is 12.3. The molecule has 11 aromatic rings. The summed E-state index contributed by atoms with van der Waals surface area (Å²) in [6.07, 6.45) is 0. The van der Waals surface area contributed by atoms with Crippen molar-refractivity contribution in [3.63, 3.8) is 0 Å². The molecular weight excluding hydrogens is 619 g/mol. The molecular formula is C44H25N3OS. The van der Waals surface area contributed by atoms with Gasteiger partial charge in [0.25, 0.3) is 0 Å². The zero-order chi connectivity index (χ0) is 32.1. The molecule has 7 aromatic carbocycles. The Balaban J connectivity index is 1.21. The summed E-state index contributed by atoms with van der Waals surface area (Å²) in [5.74, 6) is 0.709. The Morgan fingerprint density at radius 3 is 2.06 bits per heavy atom. The minimum absolute atomic E-state index is 0.709. The Bertz CT molecular complexity index is 3100. The van der Waals surface area contributed by atoms with E-state index in [1.54, 1.807) is 0 Å². The number of benzene rings is 7. The predicted molar refractivity (Wildman–Crippen MR) is 205 cm³/mol. The van der Waals surface area contributed by atoms with Crippen LogP contribution in [0.2, 0.25) is 0 Å². The number of hydrogen-bond donors (Lipinski definition) is 0. The van der Waals surface area contributed by atoms with Crippen LogP contribution in [0.25, 0.3) is 103 Å². The molecule has 0 N–H and O–H groups in total. The number of para-hydroxylation sites is 3. The number of furan rings is 1. The molecule has 0 saturated carbocycles. The molecule has 0 unspecified atom stereocenters. The number of aromatic nitrogens is 3. The van der Waals surface area contributed by atoms with E-state index in [4.69, 9.17) is 14.4 Å². The summed E-state index contributed by atoms with van der Waals surface area (Å²) < 4.78 is 11.6.